The van der Waals surface area contributed by atoms with E-state index in [2.05, 4.69) is 17.3 Å². The Morgan fingerprint density at radius 2 is 1.83 bits per heavy atom. The van der Waals surface area contributed by atoms with Crippen molar-refractivity contribution in [3.63, 3.8) is 0 Å². The summed E-state index contributed by atoms with van der Waals surface area (Å²) in [6.07, 6.45) is 7.82. The number of fused-ring (bicyclic) bond motifs is 1. The first-order valence-corrected chi connectivity index (χ1v) is 11.7. The van der Waals surface area contributed by atoms with Crippen molar-refractivity contribution in [3.8, 4) is 5.75 Å². The third-order valence-electron chi connectivity index (χ3n) is 5.71. The maximum absolute atomic E-state index is 13.0. The first-order chi connectivity index (χ1) is 14.2. The van der Waals surface area contributed by atoms with Crippen LogP contribution in [0.1, 0.15) is 74.3 Å². The molecule has 1 aromatic heterocycles. The molecule has 6 nitrogen and oxygen atoms in total. The lowest BCUT2D eigenvalue weighted by Crippen LogP contribution is -2.19. The summed E-state index contributed by atoms with van der Waals surface area (Å²) in [6, 6.07) is 8.14. The summed E-state index contributed by atoms with van der Waals surface area (Å²) in [6.45, 7) is 2.76. The summed E-state index contributed by atoms with van der Waals surface area (Å²) in [5, 5.41) is 5.88. The largest absolute Gasteiger partial charge is 0.494 e. The number of carbonyl (C=O) groups excluding carboxylic acids is 1. The van der Waals surface area contributed by atoms with Crippen LogP contribution < -0.4 is 15.6 Å². The molecule has 1 aliphatic heterocycles. The smallest absolute Gasteiger partial charge is 0.270 e. The minimum absolute atomic E-state index is 0.0528. The van der Waals surface area contributed by atoms with Crippen LogP contribution in [0.2, 0.25) is 0 Å². The van der Waals surface area contributed by atoms with E-state index in [-0.39, 0.29) is 22.8 Å². The predicted molar refractivity (Wildman–Crippen MR) is 117 cm³/mol. The molecule has 29 heavy (non-hydrogen) atoms. The standard InChI is InChI=1S/C22H29N3O3S/c1-2-13-28-17-11-9-15(10-12-17)20-19-21(23-18(26)14-29-20)25(24-22(19)27)16-7-5-3-4-6-8-16/h9-12,16,20H,2-8,13-14H2,1H3,(H,23,26)(H,24,27)/t20-/m0/s1. The molecule has 1 fully saturated rings. The number of benzene rings is 1. The Labute approximate surface area is 175 Å². The van der Waals surface area contributed by atoms with Gasteiger partial charge in [-0.1, -0.05) is 44.7 Å². The van der Waals surface area contributed by atoms with E-state index in [9.17, 15) is 9.59 Å². The quantitative estimate of drug-likeness (QED) is 0.698. The van der Waals surface area contributed by atoms with Crippen molar-refractivity contribution >= 4 is 23.5 Å². The molecule has 1 atom stereocenters. The van der Waals surface area contributed by atoms with Gasteiger partial charge in [0.2, 0.25) is 5.91 Å². The van der Waals surface area contributed by atoms with Gasteiger partial charge in [-0.25, -0.2) is 0 Å². The van der Waals surface area contributed by atoms with Gasteiger partial charge in [0.25, 0.3) is 5.56 Å². The van der Waals surface area contributed by atoms with Crippen molar-refractivity contribution in [2.45, 2.75) is 63.2 Å². The van der Waals surface area contributed by atoms with Crippen molar-refractivity contribution in [1.29, 1.82) is 0 Å². The summed E-state index contributed by atoms with van der Waals surface area (Å²) >= 11 is 1.50. The van der Waals surface area contributed by atoms with E-state index in [4.69, 9.17) is 4.74 Å². The van der Waals surface area contributed by atoms with Crippen molar-refractivity contribution < 1.29 is 9.53 Å². The predicted octanol–water partition coefficient (Wildman–Crippen LogP) is 4.64. The van der Waals surface area contributed by atoms with Crippen LogP contribution in [0.15, 0.2) is 29.1 Å². The number of anilines is 1. The lowest BCUT2D eigenvalue weighted by Gasteiger charge is -2.19. The minimum Gasteiger partial charge on any atom is -0.494 e. The number of nitrogens with one attached hydrogen (secondary N) is 2. The van der Waals surface area contributed by atoms with Gasteiger partial charge >= 0.3 is 0 Å². The van der Waals surface area contributed by atoms with Gasteiger partial charge in [-0.2, -0.15) is 0 Å². The van der Waals surface area contributed by atoms with E-state index in [0.29, 0.717) is 23.7 Å². The van der Waals surface area contributed by atoms with Gasteiger partial charge < -0.3 is 10.1 Å². The number of aromatic nitrogens is 2. The fourth-order valence-electron chi connectivity index (χ4n) is 4.26. The molecule has 2 aromatic rings. The number of nitrogens with zero attached hydrogens (tertiary/aromatic N) is 1. The maximum atomic E-state index is 13.0. The molecule has 156 valence electrons. The highest BCUT2D eigenvalue weighted by Crippen LogP contribution is 2.41. The van der Waals surface area contributed by atoms with Gasteiger partial charge in [0.05, 0.1) is 29.2 Å². The molecule has 1 aliphatic carbocycles. The van der Waals surface area contributed by atoms with Crippen molar-refractivity contribution in [2.75, 3.05) is 17.7 Å². The second-order valence-electron chi connectivity index (χ2n) is 7.88. The van der Waals surface area contributed by atoms with Crippen LogP contribution in [-0.4, -0.2) is 28.0 Å². The number of ether oxygens (including phenoxy) is 1. The second-order valence-corrected chi connectivity index (χ2v) is 8.97. The van der Waals surface area contributed by atoms with E-state index < -0.39 is 0 Å². The molecule has 0 saturated heterocycles. The molecule has 0 radical (unpaired) electrons. The highest BCUT2D eigenvalue weighted by molar-refractivity contribution is 8.00. The van der Waals surface area contributed by atoms with Gasteiger partial charge in [-0.05, 0) is 37.0 Å². The van der Waals surface area contributed by atoms with Crippen LogP contribution in [0, 0.1) is 0 Å². The number of aromatic amines is 1. The average Bonchev–Trinajstić information content (AvgIpc) is 2.94. The number of hydrogen-bond donors (Lipinski definition) is 2. The lowest BCUT2D eigenvalue weighted by molar-refractivity contribution is -0.113. The highest BCUT2D eigenvalue weighted by atomic mass is 32.2. The molecular weight excluding hydrogens is 386 g/mol. The molecule has 7 heteroatoms. The van der Waals surface area contributed by atoms with Crippen molar-refractivity contribution in [1.82, 2.24) is 9.78 Å². The van der Waals surface area contributed by atoms with Crippen LogP contribution in [0.3, 0.4) is 0 Å². The maximum Gasteiger partial charge on any atom is 0.270 e. The number of thioether (sulfide) groups is 1. The third kappa shape index (κ3) is 4.39. The average molecular weight is 416 g/mol. The molecule has 0 unspecified atom stereocenters. The van der Waals surface area contributed by atoms with Gasteiger partial charge in [-0.15, -0.1) is 11.8 Å². The first kappa shape index (κ1) is 20.1. The normalized spacial score (nSPS) is 20.4. The number of H-pyrrole nitrogens is 1. The molecule has 1 aromatic carbocycles. The lowest BCUT2D eigenvalue weighted by atomic mass is 10.1. The van der Waals surface area contributed by atoms with Gasteiger partial charge in [-0.3, -0.25) is 19.4 Å². The Morgan fingerprint density at radius 1 is 1.10 bits per heavy atom. The summed E-state index contributed by atoms with van der Waals surface area (Å²) < 4.78 is 7.63. The third-order valence-corrected chi connectivity index (χ3v) is 6.98. The SMILES string of the molecule is CCCOc1ccc([C@@H]2SCC(=O)Nc3c2c(=O)[nH]n3C2CCCCCC2)cc1. The Bertz CT molecular complexity index is 895. The molecule has 0 spiro atoms. The molecule has 4 rings (SSSR count). The van der Waals surface area contributed by atoms with Crippen LogP contribution >= 0.6 is 11.8 Å². The Kier molecular flexibility index (Phi) is 6.33. The zero-order chi connectivity index (χ0) is 20.2. The molecule has 2 aliphatic rings. The topological polar surface area (TPSA) is 76.1 Å². The van der Waals surface area contributed by atoms with Gasteiger partial charge in [0.1, 0.15) is 11.6 Å². The number of carbonyl (C=O) groups is 1. The molecule has 1 saturated carbocycles. The number of rotatable bonds is 5. The van der Waals surface area contributed by atoms with Gasteiger partial charge in [0, 0.05) is 0 Å². The van der Waals surface area contributed by atoms with Crippen molar-refractivity contribution in [2.24, 2.45) is 0 Å². The number of hydrogen-bond acceptors (Lipinski definition) is 4. The Balaban J connectivity index is 1.69. The van der Waals surface area contributed by atoms with E-state index in [1.54, 1.807) is 0 Å². The van der Waals surface area contributed by atoms with Crippen LogP contribution in [0.25, 0.3) is 0 Å². The van der Waals surface area contributed by atoms with E-state index in [1.165, 1.54) is 24.6 Å². The first-order valence-electron chi connectivity index (χ1n) is 10.7. The number of amides is 1. The second kappa shape index (κ2) is 9.11. The Hall–Kier alpha value is -2.15. The highest BCUT2D eigenvalue weighted by Gasteiger charge is 2.32. The monoisotopic (exact) mass is 415 g/mol. The fourth-order valence-corrected chi connectivity index (χ4v) is 5.38. The fraction of sp³-hybridized carbons (Fsp3) is 0.545. The molecule has 1 amide bonds. The summed E-state index contributed by atoms with van der Waals surface area (Å²) in [7, 11) is 0. The van der Waals surface area contributed by atoms with Crippen LogP contribution in [0.5, 0.6) is 5.75 Å². The molecule has 0 bridgehead atoms. The van der Waals surface area contributed by atoms with E-state index in [1.807, 2.05) is 28.9 Å². The molecular formula is C22H29N3O3S. The van der Waals surface area contributed by atoms with E-state index in [0.717, 1.165) is 43.4 Å². The zero-order valence-electron chi connectivity index (χ0n) is 16.9. The van der Waals surface area contributed by atoms with Crippen LogP contribution in [0.4, 0.5) is 5.82 Å². The zero-order valence-corrected chi connectivity index (χ0v) is 17.7. The minimum atomic E-state index is -0.181. The Morgan fingerprint density at radius 3 is 2.52 bits per heavy atom. The van der Waals surface area contributed by atoms with Crippen molar-refractivity contribution in [3.05, 3.63) is 45.7 Å². The van der Waals surface area contributed by atoms with Gasteiger partial charge in [0.15, 0.2) is 0 Å². The molecule has 2 N–H and O–H groups in total. The summed E-state index contributed by atoms with van der Waals surface area (Å²) in [5.41, 5.74) is 1.57. The summed E-state index contributed by atoms with van der Waals surface area (Å²) in [5.74, 6) is 1.77. The molecule has 2 heterocycles. The summed E-state index contributed by atoms with van der Waals surface area (Å²) in [4.78, 5) is 25.4. The van der Waals surface area contributed by atoms with Crippen LogP contribution in [-0.2, 0) is 4.79 Å². The van der Waals surface area contributed by atoms with E-state index >= 15 is 0 Å².